The van der Waals surface area contributed by atoms with Gasteiger partial charge in [0.05, 0.1) is 17.7 Å². The first-order chi connectivity index (χ1) is 11.0. The molecule has 1 aromatic carbocycles. The molecule has 5 nitrogen and oxygen atoms in total. The number of pyridine rings is 1. The van der Waals surface area contributed by atoms with Crippen LogP contribution >= 0.6 is 0 Å². The molecular formula is C16H13F2NO4. The van der Waals surface area contributed by atoms with Gasteiger partial charge >= 0.3 is 5.97 Å². The molecule has 0 unspecified atom stereocenters. The molecule has 2 heterocycles. The second-order valence-corrected chi connectivity index (χ2v) is 4.94. The van der Waals surface area contributed by atoms with Gasteiger partial charge in [-0.05, 0) is 19.4 Å². The summed E-state index contributed by atoms with van der Waals surface area (Å²) in [6, 6.07) is 0.775. The molecule has 2 aromatic rings. The minimum absolute atomic E-state index is 0.0962. The van der Waals surface area contributed by atoms with Crippen LogP contribution in [0.15, 0.2) is 23.3 Å². The Morgan fingerprint density at radius 1 is 1.35 bits per heavy atom. The smallest absolute Gasteiger partial charge is 0.343 e. The Kier molecular flexibility index (Phi) is 3.63. The molecule has 23 heavy (non-hydrogen) atoms. The van der Waals surface area contributed by atoms with Crippen LogP contribution in [0.3, 0.4) is 0 Å². The molecule has 120 valence electrons. The number of allylic oxidation sites excluding steroid dienone is 1. The molecule has 0 saturated heterocycles. The number of aromatic nitrogens is 1. The molecule has 0 radical (unpaired) electrons. The van der Waals surface area contributed by atoms with E-state index < -0.39 is 23.0 Å². The summed E-state index contributed by atoms with van der Waals surface area (Å²) in [5, 5.41) is -0.136. The van der Waals surface area contributed by atoms with Crippen LogP contribution in [0, 0.1) is 11.6 Å². The lowest BCUT2D eigenvalue weighted by Crippen LogP contribution is -2.22. The number of halogens is 2. The van der Waals surface area contributed by atoms with E-state index in [-0.39, 0.29) is 28.8 Å². The molecule has 3 rings (SSSR count). The second-order valence-electron chi connectivity index (χ2n) is 4.94. The standard InChI is InChI=1S/C16H13F2NO4/c1-3-8-7-23-15-12(18)11(17)5-9-13(15)19(8)6-10(14(9)20)16(21)22-4-2/h5-7H,3-4H2,1-2H3. The second kappa shape index (κ2) is 5.49. The number of rotatable bonds is 3. The third kappa shape index (κ3) is 2.19. The lowest BCUT2D eigenvalue weighted by molar-refractivity contribution is 0.0524. The summed E-state index contributed by atoms with van der Waals surface area (Å²) in [5.74, 6) is -3.58. The Bertz CT molecular complexity index is 915. The van der Waals surface area contributed by atoms with Gasteiger partial charge in [-0.15, -0.1) is 0 Å². The molecule has 0 bridgehead atoms. The number of nitrogens with zero attached hydrogens (tertiary/aromatic N) is 1. The third-order valence-corrected chi connectivity index (χ3v) is 3.62. The van der Waals surface area contributed by atoms with E-state index in [9.17, 15) is 18.4 Å². The average molecular weight is 321 g/mol. The van der Waals surface area contributed by atoms with Crippen molar-refractivity contribution in [3.63, 3.8) is 0 Å². The molecule has 0 amide bonds. The van der Waals surface area contributed by atoms with E-state index in [1.165, 1.54) is 17.0 Å². The van der Waals surface area contributed by atoms with Crippen LogP contribution in [0.1, 0.15) is 30.6 Å². The highest BCUT2D eigenvalue weighted by Gasteiger charge is 2.26. The van der Waals surface area contributed by atoms with Crippen LogP contribution in [-0.4, -0.2) is 17.1 Å². The number of hydrogen-bond donors (Lipinski definition) is 0. The summed E-state index contributed by atoms with van der Waals surface area (Å²) in [6.45, 7) is 3.53. The fourth-order valence-corrected chi connectivity index (χ4v) is 2.53. The van der Waals surface area contributed by atoms with Crippen LogP contribution in [0.4, 0.5) is 8.78 Å². The molecule has 0 N–H and O–H groups in total. The van der Waals surface area contributed by atoms with E-state index in [0.717, 1.165) is 6.07 Å². The molecule has 0 spiro atoms. The van der Waals surface area contributed by atoms with Crippen molar-refractivity contribution in [2.24, 2.45) is 0 Å². The van der Waals surface area contributed by atoms with E-state index >= 15 is 0 Å². The largest absolute Gasteiger partial charge is 0.462 e. The molecule has 0 saturated carbocycles. The third-order valence-electron chi connectivity index (χ3n) is 3.62. The zero-order chi connectivity index (χ0) is 16.7. The van der Waals surface area contributed by atoms with Gasteiger partial charge in [0.15, 0.2) is 11.6 Å². The van der Waals surface area contributed by atoms with Crippen molar-refractivity contribution in [1.29, 1.82) is 0 Å². The van der Waals surface area contributed by atoms with Crippen molar-refractivity contribution in [3.05, 3.63) is 45.9 Å². The zero-order valence-corrected chi connectivity index (χ0v) is 12.5. The maximum absolute atomic E-state index is 14.0. The number of carbonyl (C=O) groups excluding carboxylic acids is 1. The van der Waals surface area contributed by atoms with Crippen LogP contribution in [0.25, 0.3) is 16.6 Å². The molecule has 7 heteroatoms. The van der Waals surface area contributed by atoms with Gasteiger partial charge in [0.25, 0.3) is 0 Å². The summed E-state index contributed by atoms with van der Waals surface area (Å²) in [7, 11) is 0. The number of ether oxygens (including phenoxy) is 2. The molecule has 1 aromatic heterocycles. The Morgan fingerprint density at radius 2 is 2.09 bits per heavy atom. The first-order valence-electron chi connectivity index (χ1n) is 7.10. The monoisotopic (exact) mass is 321 g/mol. The van der Waals surface area contributed by atoms with Gasteiger partial charge in [0.1, 0.15) is 17.3 Å². The topological polar surface area (TPSA) is 57.5 Å². The van der Waals surface area contributed by atoms with E-state index in [0.29, 0.717) is 12.1 Å². The summed E-state index contributed by atoms with van der Waals surface area (Å²) >= 11 is 0. The molecule has 1 aliphatic rings. The van der Waals surface area contributed by atoms with E-state index in [1.54, 1.807) is 6.92 Å². The minimum Gasteiger partial charge on any atom is -0.462 e. The van der Waals surface area contributed by atoms with Gasteiger partial charge in [0.2, 0.25) is 11.2 Å². The highest BCUT2D eigenvalue weighted by Crippen LogP contribution is 2.35. The molecule has 0 fully saturated rings. The number of hydrogen-bond acceptors (Lipinski definition) is 4. The molecule has 0 atom stereocenters. The zero-order valence-electron chi connectivity index (χ0n) is 12.5. The predicted octanol–water partition coefficient (Wildman–Crippen LogP) is 3.06. The van der Waals surface area contributed by atoms with E-state index in [2.05, 4.69) is 0 Å². The number of esters is 1. The van der Waals surface area contributed by atoms with Crippen molar-refractivity contribution in [2.75, 3.05) is 6.61 Å². The SMILES string of the molecule is CCOC(=O)c1cn2c3c(c(F)c(F)cc3c1=O)OC=C2CC. The lowest BCUT2D eigenvalue weighted by Gasteiger charge is -2.21. The Balaban J connectivity index is 2.44. The number of carbonyl (C=O) groups is 1. The maximum Gasteiger partial charge on any atom is 0.343 e. The first kappa shape index (κ1) is 15.2. The van der Waals surface area contributed by atoms with Crippen molar-refractivity contribution < 1.29 is 23.0 Å². The normalized spacial score (nSPS) is 12.8. The van der Waals surface area contributed by atoms with Crippen molar-refractivity contribution in [3.8, 4) is 5.75 Å². The van der Waals surface area contributed by atoms with E-state index in [4.69, 9.17) is 9.47 Å². The Morgan fingerprint density at radius 3 is 2.74 bits per heavy atom. The highest BCUT2D eigenvalue weighted by molar-refractivity contribution is 5.97. The fraction of sp³-hybridized carbons (Fsp3) is 0.250. The van der Waals surface area contributed by atoms with Gasteiger partial charge < -0.3 is 14.0 Å². The Labute approximate surface area is 129 Å². The summed E-state index contributed by atoms with van der Waals surface area (Å²) < 4.78 is 39.2. The van der Waals surface area contributed by atoms with Gasteiger partial charge in [-0.1, -0.05) is 6.92 Å². The van der Waals surface area contributed by atoms with Gasteiger partial charge in [-0.3, -0.25) is 4.79 Å². The van der Waals surface area contributed by atoms with Crippen molar-refractivity contribution >= 4 is 22.6 Å². The summed E-state index contributed by atoms with van der Waals surface area (Å²) in [5.41, 5.74) is -0.270. The quantitative estimate of drug-likeness (QED) is 0.815. The highest BCUT2D eigenvalue weighted by atomic mass is 19.2. The minimum atomic E-state index is -1.22. The Hall–Kier alpha value is -2.70. The van der Waals surface area contributed by atoms with Crippen LogP contribution in [0.5, 0.6) is 5.75 Å². The van der Waals surface area contributed by atoms with Crippen molar-refractivity contribution in [1.82, 2.24) is 4.57 Å². The fourth-order valence-electron chi connectivity index (χ4n) is 2.53. The molecule has 1 aliphatic heterocycles. The maximum atomic E-state index is 14.0. The van der Waals surface area contributed by atoms with Crippen LogP contribution in [0.2, 0.25) is 0 Å². The van der Waals surface area contributed by atoms with E-state index in [1.807, 2.05) is 6.92 Å². The van der Waals surface area contributed by atoms with Gasteiger partial charge in [-0.25, -0.2) is 9.18 Å². The molecule has 0 aliphatic carbocycles. The van der Waals surface area contributed by atoms with Crippen LogP contribution < -0.4 is 10.2 Å². The predicted molar refractivity (Wildman–Crippen MR) is 79.3 cm³/mol. The lowest BCUT2D eigenvalue weighted by atomic mass is 10.1. The summed E-state index contributed by atoms with van der Waals surface area (Å²) in [6.07, 6.45) is 3.05. The first-order valence-corrected chi connectivity index (χ1v) is 7.10. The van der Waals surface area contributed by atoms with Crippen LogP contribution in [-0.2, 0) is 4.74 Å². The number of benzene rings is 1. The summed E-state index contributed by atoms with van der Waals surface area (Å²) in [4.78, 5) is 24.4. The van der Waals surface area contributed by atoms with Gasteiger partial charge in [-0.2, -0.15) is 4.39 Å². The molecular weight excluding hydrogens is 308 g/mol. The van der Waals surface area contributed by atoms with Crippen molar-refractivity contribution in [2.45, 2.75) is 20.3 Å². The average Bonchev–Trinajstić information content (AvgIpc) is 2.54. The van der Waals surface area contributed by atoms with Gasteiger partial charge in [0, 0.05) is 6.20 Å².